The molecule has 360 valence electrons. The quantitative estimate of drug-likeness (QED) is 0.119. The number of fused-ring (bicyclic) bond motifs is 3. The van der Waals surface area contributed by atoms with Gasteiger partial charge in [0.25, 0.3) is 16.7 Å². The highest BCUT2D eigenvalue weighted by molar-refractivity contribution is 5.57. The predicted molar refractivity (Wildman–Crippen MR) is 240 cm³/mol. The van der Waals surface area contributed by atoms with Crippen molar-refractivity contribution in [1.82, 2.24) is 43.8 Å². The first kappa shape index (κ1) is 48.4. The van der Waals surface area contributed by atoms with Crippen LogP contribution in [0.25, 0.3) is 16.6 Å². The van der Waals surface area contributed by atoms with E-state index in [-0.39, 0.29) is 65.3 Å². The number of aliphatic hydroxyl groups excluding tert-OH is 3. The van der Waals surface area contributed by atoms with Crippen molar-refractivity contribution in [1.29, 1.82) is 0 Å². The van der Waals surface area contributed by atoms with Crippen LogP contribution in [0.1, 0.15) is 106 Å². The highest BCUT2D eigenvalue weighted by atomic mass is 19.1. The van der Waals surface area contributed by atoms with Crippen LogP contribution in [0.5, 0.6) is 0 Å². The number of aryl methyl sites for hydroxylation is 4. The van der Waals surface area contributed by atoms with Crippen molar-refractivity contribution in [3.63, 3.8) is 0 Å². The lowest BCUT2D eigenvalue weighted by Gasteiger charge is -2.28. The van der Waals surface area contributed by atoms with E-state index in [0.29, 0.717) is 44.9 Å². The molecule has 3 fully saturated rings. The van der Waals surface area contributed by atoms with E-state index >= 15 is 4.39 Å². The number of hydrogen-bond acceptors (Lipinski definition) is 14. The third-order valence-corrected chi connectivity index (χ3v) is 14.0. The van der Waals surface area contributed by atoms with E-state index in [4.69, 9.17) is 25.7 Å². The van der Waals surface area contributed by atoms with Gasteiger partial charge in [-0.3, -0.25) is 24.4 Å². The van der Waals surface area contributed by atoms with E-state index in [9.17, 15) is 34.1 Å². The minimum atomic E-state index is -1.66. The number of nitrogen functional groups attached to an aromatic ring is 2. The monoisotopic (exact) mass is 925 g/mol. The number of rotatable bonds is 6. The number of anilines is 2. The number of nitrogens with zero attached hydrogens (tertiary/aromatic N) is 6. The van der Waals surface area contributed by atoms with Gasteiger partial charge in [-0.15, -0.1) is 10.2 Å². The first-order valence-corrected chi connectivity index (χ1v) is 21.8. The van der Waals surface area contributed by atoms with Crippen LogP contribution in [0, 0.1) is 50.4 Å². The first-order valence-electron chi connectivity index (χ1n) is 21.8. The van der Waals surface area contributed by atoms with E-state index in [1.807, 2.05) is 13.0 Å². The molecule has 20 nitrogen and oxygen atoms in total. The molecule has 22 heteroatoms. The average molecular weight is 926 g/mol. The maximum Gasteiger partial charge on any atom is 0.276 e. The van der Waals surface area contributed by atoms with Crippen LogP contribution in [0.4, 0.5) is 20.7 Å². The summed E-state index contributed by atoms with van der Waals surface area (Å²) < 4.78 is 51.5. The van der Waals surface area contributed by atoms with Crippen LogP contribution in [0.2, 0.25) is 0 Å². The Balaban J connectivity index is 0.000000147. The van der Waals surface area contributed by atoms with Crippen LogP contribution >= 0.6 is 0 Å². The molecule has 0 aromatic carbocycles. The summed E-state index contributed by atoms with van der Waals surface area (Å²) in [5, 5.41) is 40.8. The van der Waals surface area contributed by atoms with Gasteiger partial charge < -0.3 is 46.0 Å². The lowest BCUT2D eigenvalue weighted by molar-refractivity contribution is -0.0200. The minimum absolute atomic E-state index is 0.0272. The van der Waals surface area contributed by atoms with Crippen LogP contribution in [0.15, 0.2) is 32.6 Å². The number of nitrogens with two attached hydrogens (primary N) is 2. The molecule has 0 unspecified atom stereocenters. The molecule has 0 bridgehead atoms. The Labute approximate surface area is 377 Å². The van der Waals surface area contributed by atoms with Gasteiger partial charge in [0.2, 0.25) is 11.9 Å². The largest absolute Gasteiger partial charge is 0.394 e. The highest BCUT2D eigenvalue weighted by Crippen LogP contribution is 2.52. The van der Waals surface area contributed by atoms with E-state index in [2.05, 4.69) is 51.0 Å². The maximum absolute atomic E-state index is 15.2. The van der Waals surface area contributed by atoms with E-state index < -0.39 is 54.2 Å². The molecule has 3 aliphatic rings. The standard InChI is InChI=1S/C15H20FN3O3.C15H22N4O3.C14H19FN4O3/c1-7-5-10(19-12(7)14(21)17-9(3)18-19)13-15(4,16)8(2)11(6-20)22-13;1-7-5-9(19-11(7)13(21)17-14(16)18-19)12-15(3,4)8(2)10(6-20)22-12;1-6-4-7(19-9(6)12(21)17-13(16)18-19)11-14(2,3)10(15)8(5-20)22-11/h5,8,11,13,20H,6H2,1-4H3,(H,17,18,21);5,8,10,12,20H,6H2,1-4H3,(H3,16,17,18,21);4,8,10-11,20H,5H2,1-3H3,(H3,16,17,18,21)/t8-,11-,13+,15-;8-,10-,12+;8-,10-,11+/m111/s1. The number of aliphatic hydroxyl groups is 3. The van der Waals surface area contributed by atoms with Crippen molar-refractivity contribution >= 4 is 28.4 Å². The summed E-state index contributed by atoms with van der Waals surface area (Å²) in [4.78, 5) is 43.9. The molecule has 3 saturated heterocycles. The third-order valence-electron chi connectivity index (χ3n) is 14.0. The second-order valence-electron chi connectivity index (χ2n) is 19.2. The predicted octanol–water partition coefficient (Wildman–Crippen LogP) is 3.15. The lowest BCUT2D eigenvalue weighted by Crippen LogP contribution is -2.32. The molecule has 9 rings (SSSR count). The molecule has 0 aliphatic carbocycles. The molecule has 9 heterocycles. The highest BCUT2D eigenvalue weighted by Gasteiger charge is 2.54. The smallest absolute Gasteiger partial charge is 0.276 e. The molecule has 0 radical (unpaired) electrons. The molecular formula is C44H61F2N11O9. The molecule has 6 aromatic heterocycles. The summed E-state index contributed by atoms with van der Waals surface area (Å²) in [6.45, 7) is 19.3. The normalized spacial score (nSPS) is 29.1. The molecular weight excluding hydrogens is 865 g/mol. The third kappa shape index (κ3) is 7.89. The van der Waals surface area contributed by atoms with Gasteiger partial charge in [-0.1, -0.05) is 41.5 Å². The SMILES string of the molecule is Cc1cc([C@@H]2O[C@H](CO)[C@@H](C)C2(C)C)n2nc(N)[nH]c(=O)c12.Cc1cc([C@@H]2O[C@H](CO)[C@@H](F)C2(C)C)n2nc(N)[nH]c(=O)c12.Cc1nn2c([C@@H]3O[C@H](CO)[C@@H](C)[C@@]3(C)F)cc(C)c2c(=O)[nH]1. The zero-order valence-corrected chi connectivity index (χ0v) is 38.9. The molecule has 3 aliphatic heterocycles. The number of alkyl halides is 2. The van der Waals surface area contributed by atoms with Gasteiger partial charge in [0.1, 0.15) is 58.6 Å². The van der Waals surface area contributed by atoms with Crippen LogP contribution in [-0.4, -0.2) is 109 Å². The summed E-state index contributed by atoms with van der Waals surface area (Å²) in [6, 6.07) is 5.39. The van der Waals surface area contributed by atoms with Crippen molar-refractivity contribution < 1.29 is 38.3 Å². The Bertz CT molecular complexity index is 2650. The molecule has 10 atom stereocenters. The van der Waals surface area contributed by atoms with Crippen LogP contribution in [0.3, 0.4) is 0 Å². The van der Waals surface area contributed by atoms with Crippen molar-refractivity contribution in [2.45, 2.75) is 125 Å². The molecule has 0 spiro atoms. The summed E-state index contributed by atoms with van der Waals surface area (Å²) in [6.07, 6.45) is -4.82. The number of nitrogens with one attached hydrogen (secondary N) is 3. The summed E-state index contributed by atoms with van der Waals surface area (Å²) in [7, 11) is 0. The summed E-state index contributed by atoms with van der Waals surface area (Å²) in [5.41, 5.74) is 13.0. The second-order valence-corrected chi connectivity index (χ2v) is 19.2. The van der Waals surface area contributed by atoms with Gasteiger partial charge in [0.05, 0.1) is 49.1 Å². The summed E-state index contributed by atoms with van der Waals surface area (Å²) in [5.74, 6) is 0.196. The van der Waals surface area contributed by atoms with Gasteiger partial charge in [0, 0.05) is 16.7 Å². The number of aromatic amines is 3. The van der Waals surface area contributed by atoms with E-state index in [1.165, 1.54) is 16.0 Å². The Morgan fingerprint density at radius 3 is 1.38 bits per heavy atom. The topological polar surface area (TPSA) is 291 Å². The lowest BCUT2D eigenvalue weighted by atomic mass is 9.75. The van der Waals surface area contributed by atoms with Gasteiger partial charge in [-0.05, 0) is 75.4 Å². The number of aromatic nitrogens is 9. The zero-order valence-electron chi connectivity index (χ0n) is 38.9. The Hall–Kier alpha value is -5.52. The molecule has 0 saturated carbocycles. The second kappa shape index (κ2) is 17.3. The fourth-order valence-corrected chi connectivity index (χ4v) is 9.72. The van der Waals surface area contributed by atoms with Crippen LogP contribution < -0.4 is 28.1 Å². The van der Waals surface area contributed by atoms with Crippen molar-refractivity contribution in [3.05, 3.63) is 88.9 Å². The van der Waals surface area contributed by atoms with Gasteiger partial charge in [-0.2, -0.15) is 5.10 Å². The van der Waals surface area contributed by atoms with Crippen molar-refractivity contribution in [2.24, 2.45) is 22.7 Å². The number of hydrogen-bond donors (Lipinski definition) is 8. The van der Waals surface area contributed by atoms with Gasteiger partial charge in [0.15, 0.2) is 0 Å². The Kier molecular flexibility index (Phi) is 12.7. The first-order chi connectivity index (χ1) is 30.8. The van der Waals surface area contributed by atoms with Crippen LogP contribution in [-0.2, 0) is 14.2 Å². The Morgan fingerprint density at radius 1 is 0.606 bits per heavy atom. The molecule has 0 amide bonds. The minimum Gasteiger partial charge on any atom is -0.394 e. The van der Waals surface area contributed by atoms with Crippen molar-refractivity contribution in [2.75, 3.05) is 31.3 Å². The maximum atomic E-state index is 15.2. The fourth-order valence-electron chi connectivity index (χ4n) is 9.72. The van der Waals surface area contributed by atoms with Gasteiger partial charge >= 0.3 is 0 Å². The van der Waals surface area contributed by atoms with Crippen molar-refractivity contribution in [3.8, 4) is 0 Å². The average Bonchev–Trinajstić information content (AvgIpc) is 4.01. The number of ether oxygens (including phenoxy) is 3. The molecule has 10 N–H and O–H groups in total. The zero-order chi connectivity index (χ0) is 48.7. The molecule has 66 heavy (non-hydrogen) atoms. The number of halogens is 2. The van der Waals surface area contributed by atoms with E-state index in [1.54, 1.807) is 58.2 Å². The fraction of sp³-hybridized carbons (Fsp3) is 0.591. The summed E-state index contributed by atoms with van der Waals surface area (Å²) >= 11 is 0. The molecule has 6 aromatic rings. The number of H-pyrrole nitrogens is 3. The van der Waals surface area contributed by atoms with Gasteiger partial charge in [-0.25, -0.2) is 22.3 Å². The Morgan fingerprint density at radius 2 is 0.970 bits per heavy atom. The van der Waals surface area contributed by atoms with E-state index in [0.717, 1.165) is 11.3 Å².